The second-order valence-electron chi connectivity index (χ2n) is 12.2. The third-order valence-electron chi connectivity index (χ3n) is 9.03. The zero-order valence-corrected chi connectivity index (χ0v) is 27.2. The van der Waals surface area contributed by atoms with Crippen LogP contribution in [0.5, 0.6) is 11.5 Å². The fourth-order valence-corrected chi connectivity index (χ4v) is 6.64. The smallest absolute Gasteiger partial charge is 0.232 e. The zero-order valence-electron chi connectivity index (χ0n) is 26.4. The van der Waals surface area contributed by atoms with Crippen LogP contribution in [0.15, 0.2) is 60.7 Å². The summed E-state index contributed by atoms with van der Waals surface area (Å²) >= 11 is 6.28. The molecular weight excluding hydrogens is 574 g/mol. The molecule has 0 saturated heterocycles. The molecule has 2 atom stereocenters. The normalized spacial score (nSPS) is 20.5. The lowest BCUT2D eigenvalue weighted by Gasteiger charge is -2.38. The molecule has 1 N–H and O–H groups in total. The molecule has 1 aliphatic heterocycles. The maximum Gasteiger partial charge on any atom is 0.232 e. The van der Waals surface area contributed by atoms with Crippen molar-refractivity contribution in [3.8, 4) is 11.5 Å². The highest BCUT2D eigenvalue weighted by molar-refractivity contribution is 6.30. The van der Waals surface area contributed by atoms with Crippen molar-refractivity contribution in [1.29, 1.82) is 0 Å². The minimum atomic E-state index is -0.351. The number of hydrogen-bond acceptors (Lipinski definition) is 5. The lowest BCUT2D eigenvalue weighted by molar-refractivity contribution is -0.120. The number of methoxy groups -OCH3 is 1. The van der Waals surface area contributed by atoms with Gasteiger partial charge in [-0.3, -0.25) is 9.59 Å². The Morgan fingerprint density at radius 1 is 1.05 bits per heavy atom. The molecule has 0 radical (unpaired) electrons. The third-order valence-corrected chi connectivity index (χ3v) is 9.28. The Balaban J connectivity index is 1.42. The maximum absolute atomic E-state index is 13.9. The van der Waals surface area contributed by atoms with E-state index in [9.17, 15) is 9.59 Å². The molecule has 5 rings (SSSR count). The Morgan fingerprint density at radius 3 is 2.34 bits per heavy atom. The van der Waals surface area contributed by atoms with Crippen LogP contribution in [0.4, 0.5) is 11.4 Å². The molecule has 3 aromatic rings. The number of carbonyl (C=O) groups excluding carboxylic acids is 2. The van der Waals surface area contributed by atoms with E-state index in [2.05, 4.69) is 36.3 Å². The summed E-state index contributed by atoms with van der Waals surface area (Å²) in [6.07, 6.45) is 5.41. The number of halogens is 1. The Kier molecular flexibility index (Phi) is 10.0. The van der Waals surface area contributed by atoms with Gasteiger partial charge in [0.25, 0.3) is 0 Å². The van der Waals surface area contributed by atoms with E-state index in [0.717, 1.165) is 66.7 Å². The SMILES string of the molecule is CC[C@@H](C)Oc1cc2c(cc1OC)CC(=O)N(c1ccc(N(C)C[C@H]3CC[C@@H](NC(C)=O)CC3)cc1)C2c1ccc(Cl)cc1. The summed E-state index contributed by atoms with van der Waals surface area (Å²) in [4.78, 5) is 29.5. The van der Waals surface area contributed by atoms with E-state index in [1.165, 1.54) is 0 Å². The van der Waals surface area contributed by atoms with Crippen molar-refractivity contribution >= 4 is 34.8 Å². The summed E-state index contributed by atoms with van der Waals surface area (Å²) in [6.45, 7) is 6.68. The number of ether oxygens (including phenoxy) is 2. The molecule has 1 saturated carbocycles. The predicted molar refractivity (Wildman–Crippen MR) is 177 cm³/mol. The van der Waals surface area contributed by atoms with Crippen LogP contribution in [0, 0.1) is 5.92 Å². The summed E-state index contributed by atoms with van der Waals surface area (Å²) in [5.74, 6) is 1.97. The van der Waals surface area contributed by atoms with Gasteiger partial charge in [0.1, 0.15) is 0 Å². The van der Waals surface area contributed by atoms with Crippen molar-refractivity contribution in [2.75, 3.05) is 30.5 Å². The fraction of sp³-hybridized carbons (Fsp3) is 0.444. The molecule has 234 valence electrons. The van der Waals surface area contributed by atoms with Crippen molar-refractivity contribution in [2.45, 2.75) is 77.5 Å². The van der Waals surface area contributed by atoms with E-state index in [4.69, 9.17) is 21.1 Å². The molecule has 0 spiro atoms. The van der Waals surface area contributed by atoms with E-state index in [-0.39, 0.29) is 30.4 Å². The number of nitrogens with one attached hydrogen (secondary N) is 1. The molecule has 1 fully saturated rings. The molecule has 2 aliphatic rings. The van der Waals surface area contributed by atoms with Gasteiger partial charge >= 0.3 is 0 Å². The largest absolute Gasteiger partial charge is 0.493 e. The third kappa shape index (κ3) is 7.15. The number of carbonyl (C=O) groups is 2. The molecule has 2 amide bonds. The number of hydrogen-bond donors (Lipinski definition) is 1. The Bertz CT molecular complexity index is 1450. The van der Waals surface area contributed by atoms with Crippen LogP contribution in [0.1, 0.15) is 75.6 Å². The molecule has 7 nitrogen and oxygen atoms in total. The minimum Gasteiger partial charge on any atom is -0.493 e. The first-order chi connectivity index (χ1) is 21.2. The number of rotatable bonds is 10. The Morgan fingerprint density at radius 2 is 1.73 bits per heavy atom. The summed E-state index contributed by atoms with van der Waals surface area (Å²) in [6, 6.07) is 20.0. The van der Waals surface area contributed by atoms with Crippen LogP contribution in [0.2, 0.25) is 5.02 Å². The molecule has 1 aliphatic carbocycles. The van der Waals surface area contributed by atoms with E-state index in [1.54, 1.807) is 14.0 Å². The van der Waals surface area contributed by atoms with Crippen molar-refractivity contribution in [3.63, 3.8) is 0 Å². The highest BCUT2D eigenvalue weighted by Gasteiger charge is 2.36. The van der Waals surface area contributed by atoms with Gasteiger partial charge in [0.05, 0.1) is 25.7 Å². The first-order valence-electron chi connectivity index (χ1n) is 15.7. The van der Waals surface area contributed by atoms with Gasteiger partial charge in [-0.2, -0.15) is 0 Å². The number of nitrogens with zero attached hydrogens (tertiary/aromatic N) is 2. The topological polar surface area (TPSA) is 71.1 Å². The highest BCUT2D eigenvalue weighted by atomic mass is 35.5. The van der Waals surface area contributed by atoms with Crippen molar-refractivity contribution in [2.24, 2.45) is 5.92 Å². The Hall–Kier alpha value is -3.71. The predicted octanol–water partition coefficient (Wildman–Crippen LogP) is 7.34. The maximum atomic E-state index is 13.9. The van der Waals surface area contributed by atoms with Crippen molar-refractivity contribution < 1.29 is 19.1 Å². The lowest BCUT2D eigenvalue weighted by Crippen LogP contribution is -2.41. The molecule has 8 heteroatoms. The van der Waals surface area contributed by atoms with Gasteiger partial charge in [-0.1, -0.05) is 30.7 Å². The van der Waals surface area contributed by atoms with E-state index in [1.807, 2.05) is 60.4 Å². The standard InChI is InChI=1S/C36H44ClN3O4/c1-6-23(2)44-34-21-32-27(19-33(34)43-5)20-35(42)40(36(32)26-9-11-28(37)12-10-26)31-17-15-30(16-18-31)39(4)22-25-7-13-29(14-8-25)38-24(3)41/h9-12,15-19,21,23,25,29,36H,6-8,13-14,20,22H2,1-5H3,(H,38,41)/t23-,25-,29+,36?/m1/s1. The second kappa shape index (κ2) is 13.9. The summed E-state index contributed by atoms with van der Waals surface area (Å²) < 4.78 is 12.0. The van der Waals surface area contributed by atoms with Crippen LogP contribution in [-0.2, 0) is 16.0 Å². The fourth-order valence-electron chi connectivity index (χ4n) is 6.51. The van der Waals surface area contributed by atoms with Gasteiger partial charge in [0.15, 0.2) is 11.5 Å². The van der Waals surface area contributed by atoms with Crippen molar-refractivity contribution in [3.05, 3.63) is 82.4 Å². The molecule has 1 unspecified atom stereocenters. The van der Waals surface area contributed by atoms with Crippen LogP contribution >= 0.6 is 11.6 Å². The summed E-state index contributed by atoms with van der Waals surface area (Å²) in [7, 11) is 3.76. The molecule has 44 heavy (non-hydrogen) atoms. The van der Waals surface area contributed by atoms with E-state index in [0.29, 0.717) is 28.5 Å². The summed E-state index contributed by atoms with van der Waals surface area (Å²) in [5.41, 5.74) is 4.87. The van der Waals surface area contributed by atoms with Crippen LogP contribution in [-0.4, -0.2) is 44.7 Å². The van der Waals surface area contributed by atoms with Gasteiger partial charge in [-0.15, -0.1) is 0 Å². The van der Waals surface area contributed by atoms with E-state index >= 15 is 0 Å². The zero-order chi connectivity index (χ0) is 31.4. The number of amides is 2. The molecule has 1 heterocycles. The van der Waals surface area contributed by atoms with Gasteiger partial charge in [0, 0.05) is 43.0 Å². The van der Waals surface area contributed by atoms with Gasteiger partial charge < -0.3 is 24.6 Å². The van der Waals surface area contributed by atoms with Crippen LogP contribution < -0.4 is 24.6 Å². The number of fused-ring (bicyclic) bond motifs is 1. The molecular formula is C36H44ClN3O4. The first-order valence-corrected chi connectivity index (χ1v) is 16.1. The monoisotopic (exact) mass is 617 g/mol. The second-order valence-corrected chi connectivity index (χ2v) is 12.7. The van der Waals surface area contributed by atoms with Gasteiger partial charge in [-0.05, 0) is 110 Å². The number of anilines is 2. The minimum absolute atomic E-state index is 0.0205. The molecule has 0 bridgehead atoms. The van der Waals surface area contributed by atoms with Gasteiger partial charge in [0.2, 0.25) is 11.8 Å². The average molecular weight is 618 g/mol. The summed E-state index contributed by atoms with van der Waals surface area (Å²) in [5, 5.41) is 3.71. The van der Waals surface area contributed by atoms with Crippen LogP contribution in [0.3, 0.4) is 0 Å². The first kappa shape index (κ1) is 31.7. The van der Waals surface area contributed by atoms with Gasteiger partial charge in [-0.25, -0.2) is 0 Å². The highest BCUT2D eigenvalue weighted by Crippen LogP contribution is 2.44. The Labute approximate surface area is 266 Å². The van der Waals surface area contributed by atoms with Crippen molar-refractivity contribution in [1.82, 2.24) is 5.32 Å². The molecule has 3 aromatic carbocycles. The molecule has 0 aromatic heterocycles. The van der Waals surface area contributed by atoms with Crippen LogP contribution in [0.25, 0.3) is 0 Å². The lowest BCUT2D eigenvalue weighted by atomic mass is 9.85. The van der Waals surface area contributed by atoms with E-state index < -0.39 is 0 Å². The number of benzene rings is 3. The quantitative estimate of drug-likeness (QED) is 0.258. The average Bonchev–Trinajstić information content (AvgIpc) is 3.01.